The third kappa shape index (κ3) is 4.39. The van der Waals surface area contributed by atoms with Gasteiger partial charge in [-0.2, -0.15) is 0 Å². The van der Waals surface area contributed by atoms with E-state index in [-0.39, 0.29) is 18.1 Å². The van der Waals surface area contributed by atoms with Gasteiger partial charge in [0.1, 0.15) is 0 Å². The number of amides is 1. The molecule has 0 spiro atoms. The number of rotatable bonds is 7. The summed E-state index contributed by atoms with van der Waals surface area (Å²) in [7, 11) is 3.58. The minimum Gasteiger partial charge on any atom is -0.372 e. The Labute approximate surface area is 132 Å². The zero-order valence-electron chi connectivity index (χ0n) is 13.4. The highest BCUT2D eigenvalue weighted by Gasteiger charge is 2.35. The summed E-state index contributed by atoms with van der Waals surface area (Å²) in [6.07, 6.45) is 7.35. The predicted molar refractivity (Wildman–Crippen MR) is 86.6 cm³/mol. The van der Waals surface area contributed by atoms with Crippen LogP contribution in [0.5, 0.6) is 0 Å². The number of ether oxygens (including phenoxy) is 1. The van der Waals surface area contributed by atoms with Gasteiger partial charge in [0.2, 0.25) is 5.91 Å². The molecule has 1 saturated heterocycles. The van der Waals surface area contributed by atoms with Gasteiger partial charge in [0, 0.05) is 39.1 Å². The molecule has 1 aliphatic rings. The highest BCUT2D eigenvalue weighted by Crippen LogP contribution is 2.24. The highest BCUT2D eigenvalue weighted by atomic mass is 16.5. The number of aromatic nitrogens is 1. The zero-order chi connectivity index (χ0) is 15.9. The Bertz CT molecular complexity index is 490. The molecule has 0 saturated carbocycles. The zero-order valence-corrected chi connectivity index (χ0v) is 13.4. The van der Waals surface area contributed by atoms with Gasteiger partial charge < -0.3 is 9.64 Å². The van der Waals surface area contributed by atoms with Gasteiger partial charge in [-0.3, -0.25) is 14.7 Å². The molecule has 0 bridgehead atoms. The lowest BCUT2D eigenvalue weighted by Crippen LogP contribution is -2.43. The van der Waals surface area contributed by atoms with Crippen molar-refractivity contribution < 1.29 is 9.53 Å². The Morgan fingerprint density at radius 2 is 2.41 bits per heavy atom. The summed E-state index contributed by atoms with van der Waals surface area (Å²) in [5.41, 5.74) is 1.17. The van der Waals surface area contributed by atoms with Crippen molar-refractivity contribution in [1.29, 1.82) is 0 Å². The smallest absolute Gasteiger partial charge is 0.236 e. The molecule has 0 radical (unpaired) electrons. The second-order valence-corrected chi connectivity index (χ2v) is 5.84. The fraction of sp³-hybridized carbons (Fsp3) is 0.529. The lowest BCUT2D eigenvalue weighted by molar-refractivity contribution is -0.130. The van der Waals surface area contributed by atoms with Crippen LogP contribution in [0.1, 0.15) is 12.0 Å². The molecule has 120 valence electrons. The molecule has 0 N–H and O–H groups in total. The molecule has 0 aromatic carbocycles. The average molecular weight is 303 g/mol. The molecule has 5 nitrogen and oxygen atoms in total. The molecule has 2 atom stereocenters. The third-order valence-electron chi connectivity index (χ3n) is 4.03. The summed E-state index contributed by atoms with van der Waals surface area (Å²) in [6, 6.07) is 4.22. The number of carbonyl (C=O) groups excluding carboxylic acids is 1. The Morgan fingerprint density at radius 3 is 3.05 bits per heavy atom. The molecule has 1 fully saturated rings. The second-order valence-electron chi connectivity index (χ2n) is 5.84. The van der Waals surface area contributed by atoms with Crippen LogP contribution in [0.4, 0.5) is 0 Å². The summed E-state index contributed by atoms with van der Waals surface area (Å²) in [5, 5.41) is 0. The summed E-state index contributed by atoms with van der Waals surface area (Å²) in [6.45, 7) is 5.57. The van der Waals surface area contributed by atoms with E-state index in [4.69, 9.17) is 4.74 Å². The minimum absolute atomic E-state index is 0.126. The standard InChI is InChI=1S/C17H25N3O2/c1-4-10-22-16-7-9-20(13-17(21)19(2)3)15(16)11-14-6-5-8-18-12-14/h4-6,8,12,15-16H,1,7,9-11,13H2,2-3H3/t15-,16+/m0/s1. The molecule has 1 aromatic heterocycles. The number of carbonyl (C=O) groups is 1. The number of hydrogen-bond acceptors (Lipinski definition) is 4. The van der Waals surface area contributed by atoms with Crippen LogP contribution in [0.25, 0.3) is 0 Å². The van der Waals surface area contributed by atoms with Crippen molar-refractivity contribution in [3.05, 3.63) is 42.7 Å². The molecule has 1 amide bonds. The van der Waals surface area contributed by atoms with E-state index in [9.17, 15) is 4.79 Å². The van der Waals surface area contributed by atoms with E-state index in [0.717, 1.165) is 19.4 Å². The summed E-state index contributed by atoms with van der Waals surface area (Å²) < 4.78 is 5.90. The second kappa shape index (κ2) is 8.06. The molecule has 2 heterocycles. The van der Waals surface area contributed by atoms with Crippen LogP contribution >= 0.6 is 0 Å². The van der Waals surface area contributed by atoms with Crippen molar-refractivity contribution in [2.45, 2.75) is 25.0 Å². The SMILES string of the molecule is C=CCO[C@@H]1CCN(CC(=O)N(C)C)[C@H]1Cc1cccnc1. The van der Waals surface area contributed by atoms with E-state index in [1.165, 1.54) is 5.56 Å². The maximum absolute atomic E-state index is 12.0. The summed E-state index contributed by atoms with van der Waals surface area (Å²) in [4.78, 5) is 20.1. The van der Waals surface area contributed by atoms with Crippen LogP contribution in [-0.4, -0.2) is 66.6 Å². The summed E-state index contributed by atoms with van der Waals surface area (Å²) >= 11 is 0. The molecule has 0 unspecified atom stereocenters. The van der Waals surface area contributed by atoms with Crippen molar-refractivity contribution in [2.75, 3.05) is 33.8 Å². The van der Waals surface area contributed by atoms with Crippen molar-refractivity contribution in [3.8, 4) is 0 Å². The first-order valence-electron chi connectivity index (χ1n) is 7.67. The number of likely N-dealkylation sites (tertiary alicyclic amines) is 1. The van der Waals surface area contributed by atoms with Gasteiger partial charge in [-0.25, -0.2) is 0 Å². The molecule has 1 aliphatic heterocycles. The fourth-order valence-electron chi connectivity index (χ4n) is 2.80. The molecule has 0 aliphatic carbocycles. The van der Waals surface area contributed by atoms with E-state index in [1.54, 1.807) is 31.3 Å². The monoisotopic (exact) mass is 303 g/mol. The van der Waals surface area contributed by atoms with Gasteiger partial charge in [0.05, 0.1) is 19.3 Å². The Balaban J connectivity index is 2.07. The molecular formula is C17H25N3O2. The highest BCUT2D eigenvalue weighted by molar-refractivity contribution is 5.77. The van der Waals surface area contributed by atoms with Crippen LogP contribution in [-0.2, 0) is 16.0 Å². The molecule has 2 rings (SSSR count). The van der Waals surface area contributed by atoms with E-state index in [2.05, 4.69) is 22.5 Å². The molecule has 5 heteroatoms. The predicted octanol–water partition coefficient (Wildman–Crippen LogP) is 1.36. The quantitative estimate of drug-likeness (QED) is 0.714. The maximum atomic E-state index is 12.0. The number of pyridine rings is 1. The Hall–Kier alpha value is -1.72. The van der Waals surface area contributed by atoms with E-state index < -0.39 is 0 Å². The largest absolute Gasteiger partial charge is 0.372 e. The van der Waals surface area contributed by atoms with Crippen LogP contribution in [0.3, 0.4) is 0 Å². The van der Waals surface area contributed by atoms with Gasteiger partial charge >= 0.3 is 0 Å². The van der Waals surface area contributed by atoms with Crippen molar-refractivity contribution >= 4 is 5.91 Å². The van der Waals surface area contributed by atoms with Gasteiger partial charge in [-0.15, -0.1) is 6.58 Å². The Morgan fingerprint density at radius 1 is 1.59 bits per heavy atom. The fourth-order valence-corrected chi connectivity index (χ4v) is 2.80. The minimum atomic E-state index is 0.126. The first-order chi connectivity index (χ1) is 10.6. The van der Waals surface area contributed by atoms with Crippen LogP contribution in [0, 0.1) is 0 Å². The lowest BCUT2D eigenvalue weighted by atomic mass is 10.0. The first-order valence-corrected chi connectivity index (χ1v) is 7.67. The molecule has 22 heavy (non-hydrogen) atoms. The van der Waals surface area contributed by atoms with Crippen molar-refractivity contribution in [1.82, 2.24) is 14.8 Å². The number of nitrogens with zero attached hydrogens (tertiary/aromatic N) is 3. The normalized spacial score (nSPS) is 21.7. The van der Waals surface area contributed by atoms with Crippen LogP contribution in [0.2, 0.25) is 0 Å². The average Bonchev–Trinajstić information content (AvgIpc) is 2.88. The van der Waals surface area contributed by atoms with Crippen molar-refractivity contribution in [2.24, 2.45) is 0 Å². The van der Waals surface area contributed by atoms with Gasteiger partial charge in [-0.05, 0) is 24.5 Å². The van der Waals surface area contributed by atoms with E-state index in [0.29, 0.717) is 13.2 Å². The number of likely N-dealkylation sites (N-methyl/N-ethyl adjacent to an activating group) is 1. The lowest BCUT2D eigenvalue weighted by Gasteiger charge is -2.28. The Kier molecular flexibility index (Phi) is 6.10. The van der Waals surface area contributed by atoms with Crippen molar-refractivity contribution in [3.63, 3.8) is 0 Å². The van der Waals surface area contributed by atoms with E-state index in [1.807, 2.05) is 12.3 Å². The number of hydrogen-bond donors (Lipinski definition) is 0. The topological polar surface area (TPSA) is 45.7 Å². The van der Waals surface area contributed by atoms with Gasteiger partial charge in [0.15, 0.2) is 0 Å². The molecule has 1 aromatic rings. The molecular weight excluding hydrogens is 278 g/mol. The van der Waals surface area contributed by atoms with Crippen LogP contribution < -0.4 is 0 Å². The summed E-state index contributed by atoms with van der Waals surface area (Å²) in [5.74, 6) is 0.126. The van der Waals surface area contributed by atoms with Gasteiger partial charge in [0.25, 0.3) is 0 Å². The van der Waals surface area contributed by atoms with Gasteiger partial charge in [-0.1, -0.05) is 12.1 Å². The third-order valence-corrected chi connectivity index (χ3v) is 4.03. The van der Waals surface area contributed by atoms with E-state index >= 15 is 0 Å². The van der Waals surface area contributed by atoms with Crippen LogP contribution in [0.15, 0.2) is 37.2 Å². The first kappa shape index (κ1) is 16.6. The maximum Gasteiger partial charge on any atom is 0.236 e.